The van der Waals surface area contributed by atoms with Crippen LogP contribution in [0.2, 0.25) is 0 Å². The van der Waals surface area contributed by atoms with Gasteiger partial charge in [-0.2, -0.15) is 0 Å². The van der Waals surface area contributed by atoms with Crippen molar-refractivity contribution in [3.05, 3.63) is 4.88 Å². The number of nitrogens with one attached hydrogen (secondary N) is 1. The number of rotatable bonds is 6. The predicted octanol–water partition coefficient (Wildman–Crippen LogP) is 2.04. The summed E-state index contributed by atoms with van der Waals surface area (Å²) in [5.41, 5.74) is 5.71. The van der Waals surface area contributed by atoms with E-state index in [1.807, 2.05) is 27.7 Å². The summed E-state index contributed by atoms with van der Waals surface area (Å²) in [6.45, 7) is 9.70. The smallest absolute Gasteiger partial charge is 0.267 e. The van der Waals surface area contributed by atoms with Gasteiger partial charge in [0.25, 0.3) is 5.91 Å². The van der Waals surface area contributed by atoms with Crippen LogP contribution in [0, 0.1) is 0 Å². The van der Waals surface area contributed by atoms with Crippen molar-refractivity contribution in [1.29, 1.82) is 0 Å². The summed E-state index contributed by atoms with van der Waals surface area (Å²) in [5.74, 6) is 0.150. The highest BCUT2D eigenvalue weighted by molar-refractivity contribution is 7.18. The Hall–Kier alpha value is -1.34. The van der Waals surface area contributed by atoms with Crippen molar-refractivity contribution in [2.45, 2.75) is 33.2 Å². The second-order valence-electron chi connectivity index (χ2n) is 5.53. The summed E-state index contributed by atoms with van der Waals surface area (Å²) >= 11 is 1.28. The number of anilines is 2. The molecule has 3 N–H and O–H groups in total. The number of hydrogen-bond donors (Lipinski definition) is 2. The van der Waals surface area contributed by atoms with E-state index >= 15 is 0 Å². The van der Waals surface area contributed by atoms with Crippen LogP contribution in [0.3, 0.4) is 0 Å². The van der Waals surface area contributed by atoms with Crippen LogP contribution >= 0.6 is 11.3 Å². The summed E-state index contributed by atoms with van der Waals surface area (Å²) in [4.78, 5) is 18.5. The topological polar surface area (TPSA) is 80.5 Å². The molecule has 0 unspecified atom stereocenters. The summed E-state index contributed by atoms with van der Waals surface area (Å²) in [6, 6.07) is 0. The molecular formula is C13H24N4O2S. The maximum Gasteiger partial charge on any atom is 0.267 e. The Morgan fingerprint density at radius 2 is 2.15 bits per heavy atom. The van der Waals surface area contributed by atoms with Crippen LogP contribution in [-0.2, 0) is 4.74 Å². The van der Waals surface area contributed by atoms with Crippen molar-refractivity contribution in [2.24, 2.45) is 0 Å². The molecule has 114 valence electrons. The number of nitrogens with two attached hydrogens (primary N) is 1. The summed E-state index contributed by atoms with van der Waals surface area (Å²) < 4.78 is 5.24. The molecule has 0 aliphatic rings. The lowest BCUT2D eigenvalue weighted by Gasteiger charge is -2.19. The van der Waals surface area contributed by atoms with Gasteiger partial charge in [0.15, 0.2) is 5.13 Å². The molecule has 0 radical (unpaired) electrons. The number of carbonyl (C=O) groups is 1. The Morgan fingerprint density at radius 3 is 2.70 bits per heavy atom. The predicted molar refractivity (Wildman–Crippen MR) is 83.4 cm³/mol. The van der Waals surface area contributed by atoms with Crippen LogP contribution in [0.4, 0.5) is 10.9 Å². The van der Waals surface area contributed by atoms with E-state index < -0.39 is 0 Å². The first-order chi connectivity index (χ1) is 9.24. The summed E-state index contributed by atoms with van der Waals surface area (Å²) in [7, 11) is 1.73. The molecule has 1 amide bonds. The number of hydrogen-bond acceptors (Lipinski definition) is 6. The van der Waals surface area contributed by atoms with Crippen LogP contribution in [0.15, 0.2) is 0 Å². The number of carbonyl (C=O) groups excluding carboxylic acids is 1. The highest BCUT2D eigenvalue weighted by Gasteiger charge is 2.21. The molecule has 0 saturated heterocycles. The molecule has 1 aromatic rings. The van der Waals surface area contributed by atoms with Gasteiger partial charge in [-0.3, -0.25) is 4.79 Å². The molecule has 1 aromatic heterocycles. The van der Waals surface area contributed by atoms with E-state index in [-0.39, 0.29) is 17.3 Å². The number of nitrogen functional groups attached to an aromatic ring is 1. The van der Waals surface area contributed by atoms with Gasteiger partial charge >= 0.3 is 0 Å². The third-order valence-electron chi connectivity index (χ3n) is 2.45. The minimum atomic E-state index is -0.123. The normalized spacial score (nSPS) is 11.4. The van der Waals surface area contributed by atoms with Crippen LogP contribution in [0.25, 0.3) is 0 Å². The van der Waals surface area contributed by atoms with E-state index in [0.717, 1.165) is 0 Å². The fourth-order valence-electron chi connectivity index (χ4n) is 1.48. The Labute approximate surface area is 124 Å². The van der Waals surface area contributed by atoms with E-state index in [2.05, 4.69) is 10.3 Å². The molecule has 0 aromatic carbocycles. The van der Waals surface area contributed by atoms with Gasteiger partial charge in [-0.15, -0.1) is 0 Å². The molecule has 0 aliphatic heterocycles. The lowest BCUT2D eigenvalue weighted by molar-refractivity contribution is 0.0715. The van der Waals surface area contributed by atoms with E-state index in [1.165, 1.54) is 11.3 Å². The lowest BCUT2D eigenvalue weighted by Crippen LogP contribution is -2.30. The third kappa shape index (κ3) is 4.97. The molecule has 7 heteroatoms. The molecule has 0 fully saturated rings. The minimum Gasteiger partial charge on any atom is -0.382 e. The molecule has 20 heavy (non-hydrogen) atoms. The van der Waals surface area contributed by atoms with Gasteiger partial charge < -0.3 is 20.7 Å². The number of thiazole rings is 1. The first kappa shape index (κ1) is 16.7. The van der Waals surface area contributed by atoms with Crippen LogP contribution < -0.4 is 11.1 Å². The number of nitrogens with zero attached hydrogens (tertiary/aromatic N) is 2. The second kappa shape index (κ2) is 6.90. The first-order valence-corrected chi connectivity index (χ1v) is 7.44. The van der Waals surface area contributed by atoms with E-state index in [4.69, 9.17) is 10.5 Å². The van der Waals surface area contributed by atoms with Gasteiger partial charge in [-0.25, -0.2) is 4.98 Å². The Balaban J connectivity index is 2.73. The average Bonchev–Trinajstić information content (AvgIpc) is 2.66. The number of ether oxygens (including phenoxy) is 1. The maximum absolute atomic E-state index is 12.3. The second-order valence-corrected chi connectivity index (χ2v) is 6.53. The molecule has 0 bridgehead atoms. The van der Waals surface area contributed by atoms with Gasteiger partial charge in [0.1, 0.15) is 10.7 Å². The summed E-state index contributed by atoms with van der Waals surface area (Å²) in [6.07, 6.45) is 0. The molecule has 0 aliphatic carbocycles. The Kier molecular flexibility index (Phi) is 5.76. The van der Waals surface area contributed by atoms with Crippen molar-refractivity contribution in [3.8, 4) is 0 Å². The largest absolute Gasteiger partial charge is 0.382 e. The zero-order valence-corrected chi connectivity index (χ0v) is 13.6. The first-order valence-electron chi connectivity index (χ1n) is 6.62. The van der Waals surface area contributed by atoms with Gasteiger partial charge in [0, 0.05) is 25.7 Å². The standard InChI is InChI=1S/C13H24N4O2S/c1-6-19-8-7-17(5)11(18)9-10(14)15-12(20-9)16-13(2,3)4/h6-8,14H2,1-5H3,(H,15,16). The van der Waals surface area contributed by atoms with E-state index in [0.29, 0.717) is 29.8 Å². The van der Waals surface area contributed by atoms with Gasteiger partial charge in [0.2, 0.25) is 0 Å². The molecular weight excluding hydrogens is 276 g/mol. The maximum atomic E-state index is 12.3. The van der Waals surface area contributed by atoms with Crippen molar-refractivity contribution < 1.29 is 9.53 Å². The highest BCUT2D eigenvalue weighted by Crippen LogP contribution is 2.28. The van der Waals surface area contributed by atoms with Crippen molar-refractivity contribution in [2.75, 3.05) is 37.9 Å². The third-order valence-corrected chi connectivity index (χ3v) is 3.43. The van der Waals surface area contributed by atoms with Crippen molar-refractivity contribution in [1.82, 2.24) is 9.88 Å². The number of amides is 1. The molecule has 6 nitrogen and oxygen atoms in total. The molecule has 0 spiro atoms. The van der Waals surface area contributed by atoms with Gasteiger partial charge in [-0.1, -0.05) is 11.3 Å². The lowest BCUT2D eigenvalue weighted by atomic mass is 10.1. The number of aromatic nitrogens is 1. The van der Waals surface area contributed by atoms with Crippen molar-refractivity contribution >= 4 is 28.2 Å². The zero-order chi connectivity index (χ0) is 15.3. The van der Waals surface area contributed by atoms with Gasteiger partial charge in [-0.05, 0) is 27.7 Å². The average molecular weight is 300 g/mol. The Morgan fingerprint density at radius 1 is 1.50 bits per heavy atom. The highest BCUT2D eigenvalue weighted by atomic mass is 32.1. The van der Waals surface area contributed by atoms with Crippen LogP contribution in [-0.4, -0.2) is 48.1 Å². The van der Waals surface area contributed by atoms with E-state index in [9.17, 15) is 4.79 Å². The monoisotopic (exact) mass is 300 g/mol. The molecule has 0 saturated carbocycles. The quantitative estimate of drug-likeness (QED) is 0.786. The SMILES string of the molecule is CCOCCN(C)C(=O)c1sc(NC(C)(C)C)nc1N. The zero-order valence-electron chi connectivity index (χ0n) is 12.8. The Bertz CT molecular complexity index is 454. The molecule has 1 rings (SSSR count). The fraction of sp³-hybridized carbons (Fsp3) is 0.692. The van der Waals surface area contributed by atoms with Crippen LogP contribution in [0.5, 0.6) is 0 Å². The number of likely N-dealkylation sites (N-methyl/N-ethyl adjacent to an activating group) is 1. The van der Waals surface area contributed by atoms with E-state index in [1.54, 1.807) is 11.9 Å². The van der Waals surface area contributed by atoms with Gasteiger partial charge in [0.05, 0.1) is 6.61 Å². The van der Waals surface area contributed by atoms with Crippen LogP contribution in [0.1, 0.15) is 37.4 Å². The summed E-state index contributed by atoms with van der Waals surface area (Å²) in [5, 5.41) is 3.88. The molecule has 0 atom stereocenters. The fourth-order valence-corrected chi connectivity index (χ4v) is 2.57. The molecule has 1 heterocycles. The van der Waals surface area contributed by atoms with Crippen molar-refractivity contribution in [3.63, 3.8) is 0 Å². The minimum absolute atomic E-state index is 0.120.